The van der Waals surface area contributed by atoms with Crippen LogP contribution in [-0.2, 0) is 10.0 Å². The fourth-order valence-electron chi connectivity index (χ4n) is 3.46. The van der Waals surface area contributed by atoms with E-state index in [0.717, 1.165) is 12.3 Å². The number of pyridine rings is 3. The van der Waals surface area contributed by atoms with Crippen LogP contribution in [0, 0.1) is 11.6 Å². The molecule has 0 saturated heterocycles. The van der Waals surface area contributed by atoms with Gasteiger partial charge in [-0.25, -0.2) is 37.1 Å². The minimum atomic E-state index is -4.44. The number of H-pyrrole nitrogens is 1. The van der Waals surface area contributed by atoms with E-state index in [2.05, 4.69) is 24.9 Å². The van der Waals surface area contributed by atoms with Crippen molar-refractivity contribution in [1.82, 2.24) is 29.3 Å². The number of fused-ring (bicyclic) bond motifs is 1. The molecule has 0 spiro atoms. The van der Waals surface area contributed by atoms with Gasteiger partial charge >= 0.3 is 0 Å². The Labute approximate surface area is 201 Å². The quantitative estimate of drug-likeness (QED) is 0.349. The summed E-state index contributed by atoms with van der Waals surface area (Å²) in [5.74, 6) is -2.65. The Morgan fingerprint density at radius 3 is 2.71 bits per heavy atom. The Balaban J connectivity index is 1.56. The zero-order valence-electron chi connectivity index (χ0n) is 17.7. The fourth-order valence-corrected chi connectivity index (χ4v) is 4.84. The van der Waals surface area contributed by atoms with Gasteiger partial charge in [0.2, 0.25) is 5.88 Å². The molecule has 0 aliphatic heterocycles. The summed E-state index contributed by atoms with van der Waals surface area (Å²) in [6.45, 7) is 0. The van der Waals surface area contributed by atoms with Crippen molar-refractivity contribution in [3.8, 4) is 28.5 Å². The van der Waals surface area contributed by atoms with Crippen molar-refractivity contribution in [3.63, 3.8) is 0 Å². The number of halogens is 3. The van der Waals surface area contributed by atoms with Gasteiger partial charge in [-0.3, -0.25) is 4.72 Å². The summed E-state index contributed by atoms with van der Waals surface area (Å²) in [5.41, 5.74) is 0.833. The molecule has 0 bridgehead atoms. The van der Waals surface area contributed by atoms with E-state index in [-0.39, 0.29) is 16.5 Å². The van der Waals surface area contributed by atoms with E-state index in [0.29, 0.717) is 17.0 Å². The van der Waals surface area contributed by atoms with Crippen molar-refractivity contribution in [2.75, 3.05) is 11.8 Å². The fraction of sp³-hybridized carbons (Fsp3) is 0.0476. The Morgan fingerprint density at radius 1 is 1.14 bits per heavy atom. The number of hydrogen-bond donors (Lipinski definition) is 2. The molecule has 0 atom stereocenters. The van der Waals surface area contributed by atoms with E-state index in [1.54, 1.807) is 22.9 Å². The molecule has 0 aliphatic carbocycles. The molecule has 5 aromatic rings. The first-order valence-corrected chi connectivity index (χ1v) is 11.7. The van der Waals surface area contributed by atoms with Gasteiger partial charge in [0.1, 0.15) is 12.0 Å². The van der Waals surface area contributed by atoms with Gasteiger partial charge in [0, 0.05) is 30.4 Å². The van der Waals surface area contributed by atoms with Crippen LogP contribution in [0.5, 0.6) is 5.88 Å². The molecule has 0 fully saturated rings. The van der Waals surface area contributed by atoms with Crippen LogP contribution in [0.4, 0.5) is 14.6 Å². The van der Waals surface area contributed by atoms with Crippen molar-refractivity contribution >= 4 is 33.0 Å². The molecular weight excluding hydrogens is 504 g/mol. The van der Waals surface area contributed by atoms with Gasteiger partial charge in [0.15, 0.2) is 28.2 Å². The van der Waals surface area contributed by atoms with E-state index in [1.807, 2.05) is 4.72 Å². The number of imidazole rings is 2. The van der Waals surface area contributed by atoms with Crippen LogP contribution in [0.1, 0.15) is 0 Å². The molecule has 0 saturated carbocycles. The van der Waals surface area contributed by atoms with E-state index in [4.69, 9.17) is 16.3 Å². The average Bonchev–Trinajstić information content (AvgIpc) is 3.50. The van der Waals surface area contributed by atoms with Gasteiger partial charge in [0.25, 0.3) is 10.0 Å². The van der Waals surface area contributed by atoms with Crippen LogP contribution in [0.2, 0.25) is 5.02 Å². The maximum Gasteiger partial charge on any atom is 0.268 e. The number of aromatic amines is 1. The highest BCUT2D eigenvalue weighted by Gasteiger charge is 2.26. The normalized spacial score (nSPS) is 11.7. The standard InChI is InChI=1S/C21H14ClF2N7O3S/c1-34-21-15(6-12(22)7-28-21)35(32,33)30-19-17(24)16(13(23)8-27-19)11-2-3-14-18(20-25-4-5-26-20)29-10-31(14)9-11/h2-10H,1H3,(H,25,26)(H,27,30). The van der Waals surface area contributed by atoms with Gasteiger partial charge in [0.05, 0.1) is 29.4 Å². The molecular formula is C21H14ClF2N7O3S. The second-order valence-electron chi connectivity index (χ2n) is 7.15. The number of hydrogen-bond acceptors (Lipinski definition) is 7. The summed E-state index contributed by atoms with van der Waals surface area (Å²) in [4.78, 5) is 18.3. The Bertz CT molecular complexity index is 1670. The topological polar surface area (TPSA) is 127 Å². The molecule has 35 heavy (non-hydrogen) atoms. The lowest BCUT2D eigenvalue weighted by Crippen LogP contribution is -2.17. The first-order valence-electron chi connectivity index (χ1n) is 9.81. The minimum Gasteiger partial charge on any atom is -0.480 e. The lowest BCUT2D eigenvalue weighted by Gasteiger charge is -2.13. The number of rotatable bonds is 6. The Morgan fingerprint density at radius 2 is 1.97 bits per heavy atom. The lowest BCUT2D eigenvalue weighted by molar-refractivity contribution is 0.385. The van der Waals surface area contributed by atoms with Crippen LogP contribution < -0.4 is 9.46 Å². The van der Waals surface area contributed by atoms with Gasteiger partial charge in [-0.15, -0.1) is 0 Å². The van der Waals surface area contributed by atoms with Crippen molar-refractivity contribution < 1.29 is 21.9 Å². The van der Waals surface area contributed by atoms with Gasteiger partial charge in [-0.05, 0) is 12.1 Å². The SMILES string of the molecule is COc1ncc(Cl)cc1S(=O)(=O)Nc1ncc(F)c(-c2ccc3c(-c4ncc[nH]4)ncn3c2)c1F. The number of methoxy groups -OCH3 is 1. The summed E-state index contributed by atoms with van der Waals surface area (Å²) in [6, 6.07) is 4.18. The average molecular weight is 518 g/mol. The second kappa shape index (κ2) is 8.60. The molecule has 0 radical (unpaired) electrons. The van der Waals surface area contributed by atoms with Crippen LogP contribution in [-0.4, -0.2) is 44.8 Å². The first kappa shape index (κ1) is 22.7. The zero-order valence-corrected chi connectivity index (χ0v) is 19.3. The van der Waals surface area contributed by atoms with Crippen molar-refractivity contribution in [2.24, 2.45) is 0 Å². The summed E-state index contributed by atoms with van der Waals surface area (Å²) < 4.78 is 64.5. The third kappa shape index (κ3) is 4.04. The van der Waals surface area contributed by atoms with Crippen LogP contribution in [0.15, 0.2) is 60.4 Å². The molecule has 0 aromatic carbocycles. The number of ether oxygens (including phenoxy) is 1. The number of nitrogens with zero attached hydrogens (tertiary/aromatic N) is 5. The van der Waals surface area contributed by atoms with Gasteiger partial charge in [-0.2, -0.15) is 0 Å². The molecule has 178 valence electrons. The van der Waals surface area contributed by atoms with Crippen molar-refractivity contribution in [3.05, 3.63) is 72.2 Å². The van der Waals surface area contributed by atoms with Crippen LogP contribution >= 0.6 is 11.6 Å². The summed E-state index contributed by atoms with van der Waals surface area (Å²) >= 11 is 5.86. The van der Waals surface area contributed by atoms with E-state index < -0.39 is 37.9 Å². The van der Waals surface area contributed by atoms with Crippen LogP contribution in [0.25, 0.3) is 28.2 Å². The van der Waals surface area contributed by atoms with Crippen molar-refractivity contribution in [2.45, 2.75) is 4.90 Å². The van der Waals surface area contributed by atoms with Gasteiger partial charge in [-0.1, -0.05) is 17.7 Å². The molecule has 0 unspecified atom stereocenters. The van der Waals surface area contributed by atoms with E-state index in [1.165, 1.54) is 31.9 Å². The molecule has 0 aliphatic rings. The Hall–Kier alpha value is -4.10. The number of aromatic nitrogens is 6. The smallest absolute Gasteiger partial charge is 0.268 e. The van der Waals surface area contributed by atoms with E-state index in [9.17, 15) is 12.8 Å². The van der Waals surface area contributed by atoms with Crippen molar-refractivity contribution in [1.29, 1.82) is 0 Å². The second-order valence-corrected chi connectivity index (χ2v) is 9.24. The Kier molecular flexibility index (Phi) is 5.57. The highest BCUT2D eigenvalue weighted by atomic mass is 35.5. The van der Waals surface area contributed by atoms with E-state index >= 15 is 4.39 Å². The maximum absolute atomic E-state index is 15.4. The maximum atomic E-state index is 15.4. The first-order chi connectivity index (χ1) is 16.8. The minimum absolute atomic E-state index is 0.0157. The van der Waals surface area contributed by atoms with Gasteiger partial charge < -0.3 is 14.1 Å². The third-order valence-electron chi connectivity index (χ3n) is 5.01. The highest BCUT2D eigenvalue weighted by Crippen LogP contribution is 2.33. The number of nitrogens with one attached hydrogen (secondary N) is 2. The summed E-state index contributed by atoms with van der Waals surface area (Å²) in [6.07, 6.45) is 8.06. The largest absolute Gasteiger partial charge is 0.480 e. The number of anilines is 1. The van der Waals surface area contributed by atoms with Crippen LogP contribution in [0.3, 0.4) is 0 Å². The monoisotopic (exact) mass is 517 g/mol. The molecule has 5 rings (SSSR count). The molecule has 10 nitrogen and oxygen atoms in total. The molecule has 5 heterocycles. The lowest BCUT2D eigenvalue weighted by atomic mass is 10.1. The molecule has 0 amide bonds. The zero-order chi connectivity index (χ0) is 24.7. The highest BCUT2D eigenvalue weighted by molar-refractivity contribution is 7.92. The molecule has 5 aromatic heterocycles. The number of sulfonamides is 1. The summed E-state index contributed by atoms with van der Waals surface area (Å²) in [5, 5.41) is 0.0157. The predicted octanol–water partition coefficient (Wildman–Crippen LogP) is 3.92. The summed E-state index contributed by atoms with van der Waals surface area (Å²) in [7, 11) is -3.23. The molecule has 2 N–H and O–H groups in total. The predicted molar refractivity (Wildman–Crippen MR) is 123 cm³/mol. The third-order valence-corrected chi connectivity index (χ3v) is 6.55. The molecule has 14 heteroatoms.